The van der Waals surface area contributed by atoms with Crippen LogP contribution in [-0.4, -0.2) is 5.91 Å². The van der Waals surface area contributed by atoms with Crippen LogP contribution >= 0.6 is 15.9 Å². The minimum atomic E-state index is -1.59. The van der Waals surface area contributed by atoms with Crippen molar-refractivity contribution in [3.63, 3.8) is 0 Å². The first-order valence-corrected chi connectivity index (χ1v) is 7.20. The number of benzene rings is 2. The minimum Gasteiger partial charge on any atom is -0.348 e. The fourth-order valence-corrected chi connectivity index (χ4v) is 2.09. The third kappa shape index (κ3) is 3.85. The highest BCUT2D eigenvalue weighted by atomic mass is 79.9. The Labute approximate surface area is 128 Å². The molecule has 0 spiro atoms. The summed E-state index contributed by atoms with van der Waals surface area (Å²) in [7, 11) is 0. The molecule has 2 rings (SSSR count). The van der Waals surface area contributed by atoms with Crippen LogP contribution in [0, 0.1) is 17.5 Å². The number of amides is 1. The molecule has 110 valence electrons. The number of hydrogen-bond acceptors (Lipinski definition) is 1. The van der Waals surface area contributed by atoms with Crippen LogP contribution < -0.4 is 5.32 Å². The molecule has 0 fully saturated rings. The zero-order chi connectivity index (χ0) is 15.4. The van der Waals surface area contributed by atoms with E-state index in [0.717, 1.165) is 16.5 Å². The second kappa shape index (κ2) is 6.76. The van der Waals surface area contributed by atoms with Crippen molar-refractivity contribution in [3.8, 4) is 0 Å². The predicted octanol–water partition coefficient (Wildman–Crippen LogP) is 3.93. The lowest BCUT2D eigenvalue weighted by atomic mass is 10.1. The fraction of sp³-hybridized carbons (Fsp3) is 0.133. The van der Waals surface area contributed by atoms with Crippen molar-refractivity contribution in [2.24, 2.45) is 0 Å². The normalized spacial score (nSPS) is 10.5. The van der Waals surface area contributed by atoms with Crippen molar-refractivity contribution in [3.05, 3.63) is 70.5 Å². The van der Waals surface area contributed by atoms with E-state index in [1.165, 1.54) is 0 Å². The predicted molar refractivity (Wildman–Crippen MR) is 76.6 cm³/mol. The Bertz CT molecular complexity index is 635. The summed E-state index contributed by atoms with van der Waals surface area (Å²) < 4.78 is 38.9. The molecule has 2 aromatic rings. The zero-order valence-corrected chi connectivity index (χ0v) is 12.4. The van der Waals surface area contributed by atoms with E-state index < -0.39 is 23.4 Å². The second-order valence-corrected chi connectivity index (χ2v) is 4.95. The number of halogens is 4. The molecule has 0 unspecified atom stereocenters. The van der Waals surface area contributed by atoms with Gasteiger partial charge in [-0.15, -0.1) is 0 Å². The molecule has 2 nitrogen and oxygen atoms in total. The number of carbonyl (C=O) groups excluding carboxylic acids is 1. The number of carbonyl (C=O) groups is 1. The summed E-state index contributed by atoms with van der Waals surface area (Å²) in [5.41, 5.74) is 1.67. The van der Waals surface area contributed by atoms with Gasteiger partial charge in [0.15, 0.2) is 17.5 Å². The van der Waals surface area contributed by atoms with Crippen LogP contribution in [-0.2, 0) is 11.9 Å². The maximum absolute atomic E-state index is 13.0. The summed E-state index contributed by atoms with van der Waals surface area (Å²) in [6.07, 6.45) is 0. The molecule has 2 aromatic carbocycles. The summed E-state index contributed by atoms with van der Waals surface area (Å²) in [4.78, 5) is 11.8. The Morgan fingerprint density at radius 2 is 1.52 bits per heavy atom. The highest BCUT2D eigenvalue weighted by Crippen LogP contribution is 2.14. The summed E-state index contributed by atoms with van der Waals surface area (Å²) in [6.45, 7) is 0.210. The van der Waals surface area contributed by atoms with Crippen LogP contribution in [0.15, 0.2) is 36.4 Å². The average molecular weight is 358 g/mol. The monoisotopic (exact) mass is 357 g/mol. The van der Waals surface area contributed by atoms with Gasteiger partial charge in [-0.05, 0) is 23.3 Å². The molecule has 21 heavy (non-hydrogen) atoms. The van der Waals surface area contributed by atoms with E-state index >= 15 is 0 Å². The number of alkyl halides is 1. The average Bonchev–Trinajstić information content (AvgIpc) is 2.50. The number of hydrogen-bond donors (Lipinski definition) is 1. The molecule has 1 amide bonds. The Kier molecular flexibility index (Phi) is 5.01. The summed E-state index contributed by atoms with van der Waals surface area (Å²) >= 11 is 3.32. The molecule has 6 heteroatoms. The minimum absolute atomic E-state index is 0.210. The number of rotatable bonds is 4. The summed E-state index contributed by atoms with van der Waals surface area (Å²) in [5.74, 6) is -5.03. The third-order valence-electron chi connectivity index (χ3n) is 2.88. The summed E-state index contributed by atoms with van der Waals surface area (Å²) in [6, 6.07) is 8.80. The first-order chi connectivity index (χ1) is 10.0. The van der Waals surface area contributed by atoms with Crippen LogP contribution in [0.25, 0.3) is 0 Å². The molecular formula is C15H11BrF3NO. The van der Waals surface area contributed by atoms with Gasteiger partial charge in [-0.3, -0.25) is 4.79 Å². The first-order valence-electron chi connectivity index (χ1n) is 6.08. The van der Waals surface area contributed by atoms with Gasteiger partial charge < -0.3 is 5.32 Å². The van der Waals surface area contributed by atoms with Crippen molar-refractivity contribution >= 4 is 21.8 Å². The smallest absolute Gasteiger partial charge is 0.251 e. The topological polar surface area (TPSA) is 29.1 Å². The van der Waals surface area contributed by atoms with Gasteiger partial charge in [0.1, 0.15) is 0 Å². The highest BCUT2D eigenvalue weighted by Gasteiger charge is 2.14. The summed E-state index contributed by atoms with van der Waals surface area (Å²) in [5, 5.41) is 3.25. The standard InChI is InChI=1S/C15H11BrF3NO/c16-7-9-1-3-10(4-2-9)8-20-15(21)11-5-12(17)14(19)13(18)6-11/h1-6H,7-8H2,(H,20,21). The maximum atomic E-state index is 13.0. The molecule has 0 aliphatic rings. The lowest BCUT2D eigenvalue weighted by Gasteiger charge is -2.07. The quantitative estimate of drug-likeness (QED) is 0.651. The fourth-order valence-electron chi connectivity index (χ4n) is 1.72. The van der Waals surface area contributed by atoms with Gasteiger partial charge in [-0.2, -0.15) is 0 Å². The molecule has 0 heterocycles. The first kappa shape index (κ1) is 15.6. The van der Waals surface area contributed by atoms with Crippen LogP contribution in [0.4, 0.5) is 13.2 Å². The second-order valence-electron chi connectivity index (χ2n) is 4.39. The van der Waals surface area contributed by atoms with Crippen LogP contribution in [0.5, 0.6) is 0 Å². The molecule has 0 saturated heterocycles. The van der Waals surface area contributed by atoms with Crippen molar-refractivity contribution in [2.75, 3.05) is 0 Å². The van der Waals surface area contributed by atoms with E-state index in [-0.39, 0.29) is 12.1 Å². The lowest BCUT2D eigenvalue weighted by Crippen LogP contribution is -2.23. The molecule has 1 N–H and O–H groups in total. The van der Waals surface area contributed by atoms with Gasteiger partial charge in [0.05, 0.1) is 0 Å². The zero-order valence-electron chi connectivity index (χ0n) is 10.8. The Morgan fingerprint density at radius 3 is 2.05 bits per heavy atom. The molecule has 0 bridgehead atoms. The van der Waals surface area contributed by atoms with Gasteiger partial charge >= 0.3 is 0 Å². The Balaban J connectivity index is 2.04. The van der Waals surface area contributed by atoms with Crippen molar-refractivity contribution in [2.45, 2.75) is 11.9 Å². The Hall–Kier alpha value is -1.82. The van der Waals surface area contributed by atoms with Crippen LogP contribution in [0.1, 0.15) is 21.5 Å². The van der Waals surface area contributed by atoms with E-state index in [4.69, 9.17) is 0 Å². The van der Waals surface area contributed by atoms with Gasteiger partial charge in [-0.25, -0.2) is 13.2 Å². The maximum Gasteiger partial charge on any atom is 0.251 e. The molecule has 0 aliphatic heterocycles. The van der Waals surface area contributed by atoms with E-state index in [2.05, 4.69) is 21.2 Å². The third-order valence-corrected chi connectivity index (χ3v) is 3.52. The van der Waals surface area contributed by atoms with Crippen molar-refractivity contribution < 1.29 is 18.0 Å². The molecule has 0 aromatic heterocycles. The lowest BCUT2D eigenvalue weighted by molar-refractivity contribution is 0.0949. The number of nitrogens with one attached hydrogen (secondary N) is 1. The van der Waals surface area contributed by atoms with Crippen LogP contribution in [0.3, 0.4) is 0 Å². The SMILES string of the molecule is O=C(NCc1ccc(CBr)cc1)c1cc(F)c(F)c(F)c1. The van der Waals surface area contributed by atoms with Gasteiger partial charge in [0.25, 0.3) is 5.91 Å². The van der Waals surface area contributed by atoms with Crippen molar-refractivity contribution in [1.82, 2.24) is 5.32 Å². The van der Waals surface area contributed by atoms with Gasteiger partial charge in [0.2, 0.25) is 0 Å². The van der Waals surface area contributed by atoms with E-state index in [1.807, 2.05) is 24.3 Å². The van der Waals surface area contributed by atoms with Gasteiger partial charge in [-0.1, -0.05) is 40.2 Å². The van der Waals surface area contributed by atoms with E-state index in [9.17, 15) is 18.0 Å². The molecule has 0 atom stereocenters. The van der Waals surface area contributed by atoms with Crippen LogP contribution in [0.2, 0.25) is 0 Å². The molecule has 0 saturated carbocycles. The van der Waals surface area contributed by atoms with E-state index in [0.29, 0.717) is 12.1 Å². The molecular weight excluding hydrogens is 347 g/mol. The molecule has 0 aliphatic carbocycles. The molecule has 0 radical (unpaired) electrons. The Morgan fingerprint density at radius 1 is 1.00 bits per heavy atom. The highest BCUT2D eigenvalue weighted by molar-refractivity contribution is 9.08. The van der Waals surface area contributed by atoms with Gasteiger partial charge in [0, 0.05) is 17.4 Å². The largest absolute Gasteiger partial charge is 0.348 e. The van der Waals surface area contributed by atoms with Crippen molar-refractivity contribution in [1.29, 1.82) is 0 Å². The van der Waals surface area contributed by atoms with E-state index in [1.54, 1.807) is 0 Å².